The molecule has 0 saturated carbocycles. The van der Waals surface area contributed by atoms with E-state index in [2.05, 4.69) is 26.3 Å². The molecular formula is C16H24Cl2N4O. The van der Waals surface area contributed by atoms with Gasteiger partial charge in [-0.1, -0.05) is 12.1 Å². The molecule has 2 N–H and O–H groups in total. The molecule has 128 valence electrons. The number of nitrogens with zero attached hydrogens (tertiary/aromatic N) is 2. The molecule has 1 atom stereocenters. The summed E-state index contributed by atoms with van der Waals surface area (Å²) in [7, 11) is 0. The summed E-state index contributed by atoms with van der Waals surface area (Å²) in [5.74, 6) is 1.65. The van der Waals surface area contributed by atoms with Crippen molar-refractivity contribution in [2.75, 3.05) is 19.6 Å². The number of hydrogen-bond donors (Lipinski definition) is 2. The summed E-state index contributed by atoms with van der Waals surface area (Å²) < 4.78 is 2.16. The SMILES string of the molecule is Cc1nc2ccccc2n1CCNC(=O)CC1CCNC1.Cl.Cl. The number of halogens is 2. The van der Waals surface area contributed by atoms with Crippen LogP contribution in [0.3, 0.4) is 0 Å². The molecule has 1 aliphatic rings. The Morgan fingerprint density at radius 3 is 2.91 bits per heavy atom. The van der Waals surface area contributed by atoms with E-state index in [1.54, 1.807) is 0 Å². The van der Waals surface area contributed by atoms with Crippen LogP contribution < -0.4 is 10.6 Å². The summed E-state index contributed by atoms with van der Waals surface area (Å²) in [6.45, 7) is 5.43. The van der Waals surface area contributed by atoms with E-state index in [-0.39, 0.29) is 30.7 Å². The monoisotopic (exact) mass is 358 g/mol. The lowest BCUT2D eigenvalue weighted by molar-refractivity contribution is -0.121. The van der Waals surface area contributed by atoms with Crippen molar-refractivity contribution in [3.05, 3.63) is 30.1 Å². The minimum Gasteiger partial charge on any atom is -0.354 e. The van der Waals surface area contributed by atoms with Gasteiger partial charge in [0, 0.05) is 19.5 Å². The average Bonchev–Trinajstić information content (AvgIpc) is 3.07. The highest BCUT2D eigenvalue weighted by atomic mass is 35.5. The summed E-state index contributed by atoms with van der Waals surface area (Å²) in [6.07, 6.45) is 1.75. The number of fused-ring (bicyclic) bond motifs is 1. The molecule has 0 bridgehead atoms. The van der Waals surface area contributed by atoms with Crippen molar-refractivity contribution in [2.24, 2.45) is 5.92 Å². The van der Waals surface area contributed by atoms with Crippen LogP contribution in [0.2, 0.25) is 0 Å². The number of rotatable bonds is 5. The third-order valence-corrected chi connectivity index (χ3v) is 4.14. The predicted octanol–water partition coefficient (Wildman–Crippen LogP) is 2.30. The molecule has 1 aromatic heterocycles. The number of carbonyl (C=O) groups is 1. The van der Waals surface area contributed by atoms with E-state index in [9.17, 15) is 4.79 Å². The van der Waals surface area contributed by atoms with Crippen molar-refractivity contribution in [2.45, 2.75) is 26.3 Å². The van der Waals surface area contributed by atoms with Crippen molar-refractivity contribution in [3.63, 3.8) is 0 Å². The van der Waals surface area contributed by atoms with Gasteiger partial charge in [-0.2, -0.15) is 0 Å². The van der Waals surface area contributed by atoms with Crippen LogP contribution in [-0.2, 0) is 11.3 Å². The standard InChI is InChI=1S/C16H22N4O.2ClH/c1-12-19-14-4-2-3-5-15(14)20(12)9-8-18-16(21)10-13-6-7-17-11-13;;/h2-5,13,17H,6-11H2,1H3,(H,18,21);2*1H. The number of amides is 1. The lowest BCUT2D eigenvalue weighted by Gasteiger charge is -2.11. The first-order chi connectivity index (χ1) is 10.2. The molecule has 1 fully saturated rings. The second-order valence-electron chi connectivity index (χ2n) is 5.71. The molecule has 1 aliphatic heterocycles. The van der Waals surface area contributed by atoms with Gasteiger partial charge in [-0.3, -0.25) is 4.79 Å². The molecule has 1 amide bonds. The van der Waals surface area contributed by atoms with Crippen LogP contribution in [0.1, 0.15) is 18.7 Å². The molecular weight excluding hydrogens is 335 g/mol. The Balaban J connectivity index is 0.00000132. The van der Waals surface area contributed by atoms with Gasteiger partial charge < -0.3 is 15.2 Å². The number of para-hydroxylation sites is 2. The molecule has 1 unspecified atom stereocenters. The molecule has 0 spiro atoms. The first kappa shape index (κ1) is 19.7. The number of nitrogens with one attached hydrogen (secondary N) is 2. The van der Waals surface area contributed by atoms with Gasteiger partial charge in [-0.25, -0.2) is 4.98 Å². The van der Waals surface area contributed by atoms with Crippen LogP contribution >= 0.6 is 24.8 Å². The van der Waals surface area contributed by atoms with E-state index < -0.39 is 0 Å². The quantitative estimate of drug-likeness (QED) is 0.861. The van der Waals surface area contributed by atoms with E-state index in [1.165, 1.54) is 0 Å². The average molecular weight is 359 g/mol. The number of carbonyl (C=O) groups excluding carboxylic acids is 1. The molecule has 5 nitrogen and oxygen atoms in total. The van der Waals surface area contributed by atoms with Gasteiger partial charge in [0.25, 0.3) is 0 Å². The number of benzene rings is 1. The van der Waals surface area contributed by atoms with Gasteiger partial charge >= 0.3 is 0 Å². The Morgan fingerprint density at radius 2 is 2.17 bits per heavy atom. The van der Waals surface area contributed by atoms with Crippen molar-refractivity contribution in [1.82, 2.24) is 20.2 Å². The van der Waals surface area contributed by atoms with E-state index in [0.717, 1.165) is 42.9 Å². The molecule has 0 radical (unpaired) electrons. The van der Waals surface area contributed by atoms with Crippen molar-refractivity contribution < 1.29 is 4.79 Å². The molecule has 7 heteroatoms. The van der Waals surface area contributed by atoms with Crippen molar-refractivity contribution in [1.29, 1.82) is 0 Å². The lowest BCUT2D eigenvalue weighted by atomic mass is 10.0. The molecule has 1 aromatic carbocycles. The Kier molecular flexibility index (Phi) is 7.82. The number of aromatic nitrogens is 2. The summed E-state index contributed by atoms with van der Waals surface area (Å²) in [5, 5.41) is 6.32. The van der Waals surface area contributed by atoms with Crippen LogP contribution in [0, 0.1) is 12.8 Å². The zero-order valence-electron chi connectivity index (χ0n) is 13.2. The molecule has 2 aromatic rings. The summed E-state index contributed by atoms with van der Waals surface area (Å²) in [5.41, 5.74) is 2.14. The molecule has 1 saturated heterocycles. The summed E-state index contributed by atoms with van der Waals surface area (Å²) in [4.78, 5) is 16.4. The highest BCUT2D eigenvalue weighted by Gasteiger charge is 2.17. The fraction of sp³-hybridized carbons (Fsp3) is 0.500. The first-order valence-electron chi connectivity index (χ1n) is 7.63. The van der Waals surface area contributed by atoms with Crippen molar-refractivity contribution >= 4 is 41.8 Å². The fourth-order valence-corrected chi connectivity index (χ4v) is 3.01. The van der Waals surface area contributed by atoms with Gasteiger partial charge in [0.1, 0.15) is 5.82 Å². The smallest absolute Gasteiger partial charge is 0.220 e. The zero-order chi connectivity index (χ0) is 14.7. The van der Waals surface area contributed by atoms with Gasteiger partial charge in [-0.15, -0.1) is 24.8 Å². The molecule has 23 heavy (non-hydrogen) atoms. The number of aryl methyl sites for hydroxylation is 1. The number of hydrogen-bond acceptors (Lipinski definition) is 3. The predicted molar refractivity (Wildman–Crippen MR) is 97.6 cm³/mol. The maximum absolute atomic E-state index is 11.9. The normalized spacial score (nSPS) is 16.7. The van der Waals surface area contributed by atoms with Crippen LogP contribution in [0.25, 0.3) is 11.0 Å². The largest absolute Gasteiger partial charge is 0.354 e. The second-order valence-corrected chi connectivity index (χ2v) is 5.71. The fourth-order valence-electron chi connectivity index (χ4n) is 3.01. The Bertz CT molecular complexity index is 638. The van der Waals surface area contributed by atoms with Crippen LogP contribution in [0.15, 0.2) is 24.3 Å². The van der Waals surface area contributed by atoms with Gasteiger partial charge in [0.05, 0.1) is 11.0 Å². The minimum atomic E-state index is 0. The van der Waals surface area contributed by atoms with Gasteiger partial charge in [-0.05, 0) is 44.5 Å². The first-order valence-corrected chi connectivity index (χ1v) is 7.63. The van der Waals surface area contributed by atoms with Gasteiger partial charge in [0.2, 0.25) is 5.91 Å². The van der Waals surface area contributed by atoms with Crippen molar-refractivity contribution in [3.8, 4) is 0 Å². The van der Waals surface area contributed by atoms with Gasteiger partial charge in [0.15, 0.2) is 0 Å². The van der Waals surface area contributed by atoms with E-state index in [4.69, 9.17) is 0 Å². The molecule has 0 aliphatic carbocycles. The Morgan fingerprint density at radius 1 is 1.39 bits per heavy atom. The third-order valence-electron chi connectivity index (χ3n) is 4.14. The highest BCUT2D eigenvalue weighted by molar-refractivity contribution is 5.85. The molecule has 2 heterocycles. The Hall–Kier alpha value is -1.30. The van der Waals surface area contributed by atoms with E-state index in [0.29, 0.717) is 18.9 Å². The summed E-state index contributed by atoms with van der Waals surface area (Å²) >= 11 is 0. The summed E-state index contributed by atoms with van der Waals surface area (Å²) in [6, 6.07) is 8.11. The minimum absolute atomic E-state index is 0. The topological polar surface area (TPSA) is 59.0 Å². The van der Waals surface area contributed by atoms with Crippen LogP contribution in [0.4, 0.5) is 0 Å². The zero-order valence-corrected chi connectivity index (χ0v) is 14.9. The maximum Gasteiger partial charge on any atom is 0.220 e. The third kappa shape index (κ3) is 4.83. The Labute approximate surface area is 149 Å². The lowest BCUT2D eigenvalue weighted by Crippen LogP contribution is -2.29. The highest BCUT2D eigenvalue weighted by Crippen LogP contribution is 2.15. The van der Waals surface area contributed by atoms with E-state index >= 15 is 0 Å². The molecule has 3 rings (SSSR count). The van der Waals surface area contributed by atoms with Crippen LogP contribution in [-0.4, -0.2) is 35.1 Å². The van der Waals surface area contributed by atoms with E-state index in [1.807, 2.05) is 25.1 Å². The van der Waals surface area contributed by atoms with Crippen LogP contribution in [0.5, 0.6) is 0 Å². The number of imidazole rings is 1. The second kappa shape index (κ2) is 9.11. The maximum atomic E-state index is 11.9.